The van der Waals surface area contributed by atoms with E-state index in [1.165, 1.54) is 7.11 Å². The van der Waals surface area contributed by atoms with Gasteiger partial charge in [0.1, 0.15) is 5.82 Å². The van der Waals surface area contributed by atoms with Gasteiger partial charge in [-0.2, -0.15) is 0 Å². The van der Waals surface area contributed by atoms with E-state index in [-0.39, 0.29) is 5.97 Å². The zero-order valence-corrected chi connectivity index (χ0v) is 17.3. The molecule has 2 aromatic carbocycles. The SMILES string of the molecule is C=CCC(/C(C)=N\Cc1ccccc1)=C(/N=C)N(C)c1ccc(C(=O)OC)cc1. The minimum atomic E-state index is -0.368. The zero-order valence-electron chi connectivity index (χ0n) is 17.3. The maximum atomic E-state index is 11.7. The molecule has 29 heavy (non-hydrogen) atoms. The Balaban J connectivity index is 2.35. The average Bonchev–Trinajstić information content (AvgIpc) is 2.77. The number of anilines is 1. The van der Waals surface area contributed by atoms with E-state index in [1.54, 1.807) is 12.1 Å². The van der Waals surface area contributed by atoms with Gasteiger partial charge in [0, 0.05) is 24.0 Å². The molecule has 0 aliphatic rings. The highest BCUT2D eigenvalue weighted by Gasteiger charge is 2.15. The molecule has 0 saturated heterocycles. The predicted octanol–water partition coefficient (Wildman–Crippen LogP) is 5.06. The molecule has 0 fully saturated rings. The molecule has 0 spiro atoms. The summed E-state index contributed by atoms with van der Waals surface area (Å²) in [6.45, 7) is 10.2. The number of hydrogen-bond acceptors (Lipinski definition) is 5. The Labute approximate surface area is 172 Å². The van der Waals surface area contributed by atoms with Crippen molar-refractivity contribution in [1.82, 2.24) is 0 Å². The second kappa shape index (κ2) is 10.8. The number of methoxy groups -OCH3 is 1. The molecule has 0 aromatic heterocycles. The van der Waals surface area contributed by atoms with E-state index in [2.05, 4.69) is 30.4 Å². The molecular formula is C24H27N3O2. The summed E-state index contributed by atoms with van der Waals surface area (Å²) in [5, 5.41) is 0. The third-order valence-corrected chi connectivity index (χ3v) is 4.54. The van der Waals surface area contributed by atoms with E-state index in [1.807, 2.05) is 55.3 Å². The lowest BCUT2D eigenvalue weighted by Crippen LogP contribution is -2.19. The molecule has 2 rings (SSSR count). The fraction of sp³-hybridized carbons (Fsp3) is 0.208. The van der Waals surface area contributed by atoms with Crippen LogP contribution >= 0.6 is 0 Å². The van der Waals surface area contributed by atoms with Crippen molar-refractivity contribution in [2.45, 2.75) is 19.9 Å². The van der Waals surface area contributed by atoms with Gasteiger partial charge >= 0.3 is 5.97 Å². The van der Waals surface area contributed by atoms with Crippen LogP contribution in [-0.4, -0.2) is 32.6 Å². The van der Waals surface area contributed by atoms with E-state index in [0.29, 0.717) is 24.4 Å². The summed E-state index contributed by atoms with van der Waals surface area (Å²) in [7, 11) is 3.27. The molecule has 0 aliphatic carbocycles. The highest BCUT2D eigenvalue weighted by atomic mass is 16.5. The third kappa shape index (κ3) is 5.75. The Bertz CT molecular complexity index is 913. The normalized spacial score (nSPS) is 12.0. The third-order valence-electron chi connectivity index (χ3n) is 4.54. The van der Waals surface area contributed by atoms with E-state index >= 15 is 0 Å². The van der Waals surface area contributed by atoms with Crippen molar-refractivity contribution < 1.29 is 9.53 Å². The fourth-order valence-corrected chi connectivity index (χ4v) is 2.90. The molecule has 2 aromatic rings. The maximum Gasteiger partial charge on any atom is 0.337 e. The van der Waals surface area contributed by atoms with Crippen molar-refractivity contribution >= 4 is 24.1 Å². The van der Waals surface area contributed by atoms with E-state index in [9.17, 15) is 4.79 Å². The molecule has 0 unspecified atom stereocenters. The van der Waals surface area contributed by atoms with Crippen molar-refractivity contribution in [3.05, 3.63) is 89.8 Å². The number of carbonyl (C=O) groups excluding carboxylic acids is 1. The molecule has 0 saturated carbocycles. The molecular weight excluding hydrogens is 362 g/mol. The van der Waals surface area contributed by atoms with Gasteiger partial charge in [-0.05, 0) is 49.9 Å². The Kier molecular flexibility index (Phi) is 8.10. The largest absolute Gasteiger partial charge is 0.465 e. The van der Waals surface area contributed by atoms with Gasteiger partial charge in [-0.25, -0.2) is 9.79 Å². The van der Waals surface area contributed by atoms with E-state index < -0.39 is 0 Å². The fourth-order valence-electron chi connectivity index (χ4n) is 2.90. The molecule has 0 atom stereocenters. The number of nitrogens with zero attached hydrogens (tertiary/aromatic N) is 3. The summed E-state index contributed by atoms with van der Waals surface area (Å²) in [6.07, 6.45) is 2.44. The number of benzene rings is 2. The monoisotopic (exact) mass is 389 g/mol. The first-order valence-corrected chi connectivity index (χ1v) is 9.30. The van der Waals surface area contributed by atoms with Crippen LogP contribution in [0.4, 0.5) is 5.69 Å². The number of hydrogen-bond donors (Lipinski definition) is 0. The maximum absolute atomic E-state index is 11.7. The molecule has 0 bridgehead atoms. The van der Waals surface area contributed by atoms with Gasteiger partial charge in [0.05, 0.1) is 19.2 Å². The van der Waals surface area contributed by atoms with Crippen molar-refractivity contribution in [2.24, 2.45) is 9.98 Å². The van der Waals surface area contributed by atoms with Gasteiger partial charge in [-0.15, -0.1) is 6.58 Å². The molecule has 5 heteroatoms. The Hall–Kier alpha value is -3.47. The lowest BCUT2D eigenvalue weighted by Gasteiger charge is -2.23. The first kappa shape index (κ1) is 21.8. The van der Waals surface area contributed by atoms with Crippen molar-refractivity contribution in [3.63, 3.8) is 0 Å². The number of aliphatic imine (C=N–C) groups is 2. The summed E-state index contributed by atoms with van der Waals surface area (Å²) < 4.78 is 4.75. The second-order valence-corrected chi connectivity index (χ2v) is 6.44. The Morgan fingerprint density at radius 2 is 1.79 bits per heavy atom. The van der Waals surface area contributed by atoms with Gasteiger partial charge < -0.3 is 9.64 Å². The summed E-state index contributed by atoms with van der Waals surface area (Å²) in [5.74, 6) is 0.332. The van der Waals surface area contributed by atoms with Crippen LogP contribution in [-0.2, 0) is 11.3 Å². The lowest BCUT2D eigenvalue weighted by atomic mass is 10.1. The van der Waals surface area contributed by atoms with Gasteiger partial charge in [0.2, 0.25) is 0 Å². The van der Waals surface area contributed by atoms with E-state index in [0.717, 1.165) is 22.5 Å². The number of rotatable bonds is 9. The molecule has 0 radical (unpaired) electrons. The number of allylic oxidation sites excluding steroid dienone is 2. The predicted molar refractivity (Wildman–Crippen MR) is 121 cm³/mol. The zero-order chi connectivity index (χ0) is 21.2. The topological polar surface area (TPSA) is 54.3 Å². The highest BCUT2D eigenvalue weighted by molar-refractivity contribution is 5.99. The van der Waals surface area contributed by atoms with Gasteiger partial charge in [-0.1, -0.05) is 36.4 Å². The summed E-state index contributed by atoms with van der Waals surface area (Å²) in [6, 6.07) is 17.2. The summed E-state index contributed by atoms with van der Waals surface area (Å²) in [4.78, 5) is 22.6. The van der Waals surface area contributed by atoms with Gasteiger partial charge in [0.25, 0.3) is 0 Å². The number of esters is 1. The van der Waals surface area contributed by atoms with Crippen molar-refractivity contribution in [1.29, 1.82) is 0 Å². The number of ether oxygens (including phenoxy) is 1. The summed E-state index contributed by atoms with van der Waals surface area (Å²) >= 11 is 0. The quantitative estimate of drug-likeness (QED) is 0.342. The van der Waals surface area contributed by atoms with E-state index in [4.69, 9.17) is 9.73 Å². The lowest BCUT2D eigenvalue weighted by molar-refractivity contribution is 0.0601. The molecule has 0 heterocycles. The standard InChI is InChI=1S/C24H27N3O2/c1-6-10-22(18(2)26-17-19-11-8-7-9-12-19)23(25-3)27(4)21-15-13-20(14-16-21)24(28)29-5/h6-9,11-16H,1,3,10,17H2,2,4-5H3/b23-22+,26-18-. The van der Waals surface area contributed by atoms with Crippen LogP contribution in [0.2, 0.25) is 0 Å². The first-order valence-electron chi connectivity index (χ1n) is 9.30. The van der Waals surface area contributed by atoms with Crippen molar-refractivity contribution in [2.75, 3.05) is 19.1 Å². The van der Waals surface area contributed by atoms with Crippen LogP contribution < -0.4 is 4.90 Å². The molecule has 150 valence electrons. The Morgan fingerprint density at radius 1 is 1.14 bits per heavy atom. The van der Waals surface area contributed by atoms with Gasteiger partial charge in [-0.3, -0.25) is 4.99 Å². The minimum absolute atomic E-state index is 0.368. The minimum Gasteiger partial charge on any atom is -0.465 e. The van der Waals surface area contributed by atoms with Crippen LogP contribution in [0.25, 0.3) is 0 Å². The molecule has 5 nitrogen and oxygen atoms in total. The molecule has 0 N–H and O–H groups in total. The van der Waals surface area contributed by atoms with Crippen LogP contribution in [0.15, 0.2) is 88.6 Å². The van der Waals surface area contributed by atoms with Crippen LogP contribution in [0.1, 0.15) is 29.3 Å². The van der Waals surface area contributed by atoms with Crippen molar-refractivity contribution in [3.8, 4) is 0 Å². The second-order valence-electron chi connectivity index (χ2n) is 6.44. The van der Waals surface area contributed by atoms with Crippen LogP contribution in [0.3, 0.4) is 0 Å². The molecule has 0 aliphatic heterocycles. The van der Waals surface area contributed by atoms with Crippen LogP contribution in [0, 0.1) is 0 Å². The smallest absolute Gasteiger partial charge is 0.337 e. The van der Waals surface area contributed by atoms with Crippen LogP contribution in [0.5, 0.6) is 0 Å². The molecule has 0 amide bonds. The first-order chi connectivity index (χ1) is 14.0. The summed E-state index contributed by atoms with van der Waals surface area (Å²) in [5.41, 5.74) is 4.34. The average molecular weight is 389 g/mol. The van der Waals surface area contributed by atoms with Gasteiger partial charge in [0.15, 0.2) is 0 Å². The highest BCUT2D eigenvalue weighted by Crippen LogP contribution is 2.24. The number of carbonyl (C=O) groups is 1. The Morgan fingerprint density at radius 3 is 2.34 bits per heavy atom.